The molecule has 0 aromatic heterocycles. The molecule has 0 saturated carbocycles. The van der Waals surface area contributed by atoms with Crippen LogP contribution in [0.2, 0.25) is 0 Å². The van der Waals surface area contributed by atoms with E-state index in [2.05, 4.69) is 5.32 Å². The van der Waals surface area contributed by atoms with E-state index in [4.69, 9.17) is 4.74 Å². The lowest BCUT2D eigenvalue weighted by Gasteiger charge is -2.11. The number of amides is 1. The molecule has 0 bridgehead atoms. The van der Waals surface area contributed by atoms with Crippen molar-refractivity contribution >= 4 is 11.6 Å². The van der Waals surface area contributed by atoms with Crippen molar-refractivity contribution < 1.29 is 9.53 Å². The van der Waals surface area contributed by atoms with E-state index in [9.17, 15) is 4.79 Å². The molecule has 0 aliphatic heterocycles. The summed E-state index contributed by atoms with van der Waals surface area (Å²) in [6.45, 7) is 3.99. The Morgan fingerprint density at radius 1 is 1.16 bits per heavy atom. The minimum Gasteiger partial charge on any atom is -0.489 e. The van der Waals surface area contributed by atoms with Crippen molar-refractivity contribution in [2.75, 3.05) is 5.32 Å². The van der Waals surface area contributed by atoms with Crippen LogP contribution < -0.4 is 10.1 Å². The van der Waals surface area contributed by atoms with Crippen LogP contribution >= 0.6 is 0 Å². The first-order valence-electron chi connectivity index (χ1n) is 6.20. The van der Waals surface area contributed by atoms with Crippen LogP contribution in [0.1, 0.15) is 18.1 Å². The minimum absolute atomic E-state index is 0.0853. The number of aryl methyl sites for hydroxylation is 1. The van der Waals surface area contributed by atoms with Crippen LogP contribution in [-0.2, 0) is 11.4 Å². The van der Waals surface area contributed by atoms with Crippen LogP contribution in [0.5, 0.6) is 5.75 Å². The van der Waals surface area contributed by atoms with E-state index >= 15 is 0 Å². The van der Waals surface area contributed by atoms with Crippen molar-refractivity contribution in [1.82, 2.24) is 0 Å². The lowest BCUT2D eigenvalue weighted by Crippen LogP contribution is -2.06. The summed E-state index contributed by atoms with van der Waals surface area (Å²) in [7, 11) is 0. The highest BCUT2D eigenvalue weighted by Crippen LogP contribution is 2.23. The number of hydrogen-bond donors (Lipinski definition) is 1. The van der Waals surface area contributed by atoms with Crippen molar-refractivity contribution in [2.24, 2.45) is 0 Å². The molecule has 2 aromatic rings. The SMILES string of the molecule is CC(=O)Nc1ccc(C)c(OCc2ccccc2)c1. The molecule has 0 atom stereocenters. The second-order valence-electron chi connectivity index (χ2n) is 4.44. The molecule has 0 saturated heterocycles. The lowest BCUT2D eigenvalue weighted by molar-refractivity contribution is -0.114. The fourth-order valence-electron chi connectivity index (χ4n) is 1.77. The third-order valence-electron chi connectivity index (χ3n) is 2.75. The van der Waals surface area contributed by atoms with Crippen LogP contribution in [0.4, 0.5) is 5.69 Å². The van der Waals surface area contributed by atoms with E-state index in [1.807, 2.05) is 55.5 Å². The summed E-state index contributed by atoms with van der Waals surface area (Å²) in [6, 6.07) is 15.6. The standard InChI is InChI=1S/C16H17NO2/c1-12-8-9-15(17-13(2)18)10-16(12)19-11-14-6-4-3-5-7-14/h3-10H,11H2,1-2H3,(H,17,18). The molecule has 2 aromatic carbocycles. The van der Waals surface area contributed by atoms with Gasteiger partial charge < -0.3 is 10.1 Å². The summed E-state index contributed by atoms with van der Waals surface area (Å²) in [5, 5.41) is 2.75. The monoisotopic (exact) mass is 255 g/mol. The fraction of sp³-hybridized carbons (Fsp3) is 0.188. The van der Waals surface area contributed by atoms with Crippen LogP contribution in [-0.4, -0.2) is 5.91 Å². The van der Waals surface area contributed by atoms with Gasteiger partial charge >= 0.3 is 0 Å². The number of ether oxygens (including phenoxy) is 1. The summed E-state index contributed by atoms with van der Waals surface area (Å²) >= 11 is 0. The highest BCUT2D eigenvalue weighted by Gasteiger charge is 2.03. The predicted molar refractivity (Wildman–Crippen MR) is 76.3 cm³/mol. The van der Waals surface area contributed by atoms with E-state index in [-0.39, 0.29) is 5.91 Å². The van der Waals surface area contributed by atoms with Crippen LogP contribution in [0.25, 0.3) is 0 Å². The number of carbonyl (C=O) groups is 1. The van der Waals surface area contributed by atoms with E-state index in [0.29, 0.717) is 6.61 Å². The first-order chi connectivity index (χ1) is 9.15. The first-order valence-corrected chi connectivity index (χ1v) is 6.20. The van der Waals surface area contributed by atoms with E-state index < -0.39 is 0 Å². The predicted octanol–water partition coefficient (Wildman–Crippen LogP) is 3.53. The summed E-state index contributed by atoms with van der Waals surface area (Å²) < 4.78 is 5.79. The number of rotatable bonds is 4. The smallest absolute Gasteiger partial charge is 0.221 e. The van der Waals surface area contributed by atoms with Gasteiger partial charge in [-0.05, 0) is 24.1 Å². The number of nitrogens with one attached hydrogen (secondary N) is 1. The topological polar surface area (TPSA) is 38.3 Å². The molecule has 98 valence electrons. The maximum Gasteiger partial charge on any atom is 0.221 e. The van der Waals surface area contributed by atoms with Crippen molar-refractivity contribution in [1.29, 1.82) is 0 Å². The fourth-order valence-corrected chi connectivity index (χ4v) is 1.77. The third-order valence-corrected chi connectivity index (χ3v) is 2.75. The Morgan fingerprint density at radius 3 is 2.58 bits per heavy atom. The van der Waals surface area contributed by atoms with Crippen LogP contribution in [0.15, 0.2) is 48.5 Å². The molecule has 0 radical (unpaired) electrons. The second-order valence-corrected chi connectivity index (χ2v) is 4.44. The highest BCUT2D eigenvalue weighted by atomic mass is 16.5. The number of carbonyl (C=O) groups excluding carboxylic acids is 1. The van der Waals surface area contributed by atoms with E-state index in [1.54, 1.807) is 0 Å². The summed E-state index contributed by atoms with van der Waals surface area (Å²) in [6.07, 6.45) is 0. The molecule has 0 heterocycles. The zero-order valence-electron chi connectivity index (χ0n) is 11.1. The first kappa shape index (κ1) is 13.1. The number of anilines is 1. The maximum absolute atomic E-state index is 11.0. The Hall–Kier alpha value is -2.29. The summed E-state index contributed by atoms with van der Waals surface area (Å²) in [5.41, 5.74) is 2.91. The quantitative estimate of drug-likeness (QED) is 0.907. The Bertz CT molecular complexity index is 564. The Balaban J connectivity index is 2.08. The van der Waals surface area contributed by atoms with Gasteiger partial charge in [0.25, 0.3) is 0 Å². The van der Waals surface area contributed by atoms with Gasteiger partial charge in [0.2, 0.25) is 5.91 Å². The zero-order chi connectivity index (χ0) is 13.7. The zero-order valence-corrected chi connectivity index (χ0v) is 11.1. The Labute approximate surface area is 113 Å². The molecular weight excluding hydrogens is 238 g/mol. The maximum atomic E-state index is 11.0. The van der Waals surface area contributed by atoms with Gasteiger partial charge in [0.1, 0.15) is 12.4 Å². The van der Waals surface area contributed by atoms with Crippen molar-refractivity contribution in [3.63, 3.8) is 0 Å². The molecule has 1 N–H and O–H groups in total. The van der Waals surface area contributed by atoms with Gasteiger partial charge in [0, 0.05) is 18.7 Å². The molecule has 0 fully saturated rings. The molecule has 1 amide bonds. The Kier molecular flexibility index (Phi) is 4.18. The molecule has 19 heavy (non-hydrogen) atoms. The molecule has 2 rings (SSSR count). The average molecular weight is 255 g/mol. The van der Waals surface area contributed by atoms with E-state index in [0.717, 1.165) is 22.6 Å². The van der Waals surface area contributed by atoms with Crippen LogP contribution in [0, 0.1) is 6.92 Å². The molecule has 0 aliphatic carbocycles. The summed E-state index contributed by atoms with van der Waals surface area (Å²) in [5.74, 6) is 0.702. The van der Waals surface area contributed by atoms with Crippen LogP contribution in [0.3, 0.4) is 0 Å². The largest absolute Gasteiger partial charge is 0.489 e. The molecule has 0 unspecified atom stereocenters. The average Bonchev–Trinajstić information content (AvgIpc) is 2.40. The van der Waals surface area contributed by atoms with Gasteiger partial charge in [0.15, 0.2) is 0 Å². The van der Waals surface area contributed by atoms with Gasteiger partial charge in [-0.1, -0.05) is 36.4 Å². The van der Waals surface area contributed by atoms with Crippen molar-refractivity contribution in [3.8, 4) is 5.75 Å². The van der Waals surface area contributed by atoms with Crippen molar-refractivity contribution in [2.45, 2.75) is 20.5 Å². The number of benzene rings is 2. The van der Waals surface area contributed by atoms with Gasteiger partial charge in [-0.2, -0.15) is 0 Å². The normalized spacial score (nSPS) is 10.0. The van der Waals surface area contributed by atoms with Gasteiger partial charge in [0.05, 0.1) is 0 Å². The van der Waals surface area contributed by atoms with Gasteiger partial charge in [-0.3, -0.25) is 4.79 Å². The lowest BCUT2D eigenvalue weighted by atomic mass is 10.2. The molecule has 0 spiro atoms. The third kappa shape index (κ3) is 3.85. The van der Waals surface area contributed by atoms with E-state index in [1.165, 1.54) is 6.92 Å². The molecule has 3 nitrogen and oxygen atoms in total. The summed E-state index contributed by atoms with van der Waals surface area (Å²) in [4.78, 5) is 11.0. The van der Waals surface area contributed by atoms with Gasteiger partial charge in [-0.15, -0.1) is 0 Å². The second kappa shape index (κ2) is 6.05. The molecular formula is C16H17NO2. The Morgan fingerprint density at radius 2 is 1.89 bits per heavy atom. The highest BCUT2D eigenvalue weighted by molar-refractivity contribution is 5.88. The molecule has 3 heteroatoms. The van der Waals surface area contributed by atoms with Gasteiger partial charge in [-0.25, -0.2) is 0 Å². The molecule has 0 aliphatic rings. The van der Waals surface area contributed by atoms with Crippen molar-refractivity contribution in [3.05, 3.63) is 59.7 Å². The number of hydrogen-bond acceptors (Lipinski definition) is 2. The minimum atomic E-state index is -0.0853.